The SMILES string of the molecule is OCc1cccc2cc3ccccc3cc12.c1ccc2ccccc2c1. The highest BCUT2D eigenvalue weighted by Crippen LogP contribution is 2.25. The van der Waals surface area contributed by atoms with Gasteiger partial charge in [0.25, 0.3) is 0 Å². The molecule has 0 radical (unpaired) electrons. The molecule has 126 valence electrons. The zero-order chi connectivity index (χ0) is 17.8. The topological polar surface area (TPSA) is 20.2 Å². The maximum absolute atomic E-state index is 9.31. The summed E-state index contributed by atoms with van der Waals surface area (Å²) in [4.78, 5) is 0. The molecule has 0 aliphatic rings. The van der Waals surface area contributed by atoms with Crippen LogP contribution in [0.25, 0.3) is 32.3 Å². The first kappa shape index (κ1) is 16.3. The highest BCUT2D eigenvalue weighted by Gasteiger charge is 2.01. The van der Waals surface area contributed by atoms with E-state index < -0.39 is 0 Å². The molecule has 0 fully saturated rings. The molecule has 0 spiro atoms. The fraction of sp³-hybridized carbons (Fsp3) is 0.0400. The van der Waals surface area contributed by atoms with E-state index in [9.17, 15) is 5.11 Å². The van der Waals surface area contributed by atoms with Gasteiger partial charge < -0.3 is 5.11 Å². The zero-order valence-electron chi connectivity index (χ0n) is 14.5. The molecule has 0 saturated heterocycles. The van der Waals surface area contributed by atoms with Gasteiger partial charge in [0.05, 0.1) is 6.61 Å². The van der Waals surface area contributed by atoms with Crippen molar-refractivity contribution < 1.29 is 5.11 Å². The van der Waals surface area contributed by atoms with Crippen LogP contribution in [0.15, 0.2) is 103 Å². The highest BCUT2D eigenvalue weighted by molar-refractivity contribution is 5.99. The van der Waals surface area contributed by atoms with E-state index in [1.807, 2.05) is 24.3 Å². The highest BCUT2D eigenvalue weighted by atomic mass is 16.3. The van der Waals surface area contributed by atoms with Crippen molar-refractivity contribution in [2.75, 3.05) is 0 Å². The smallest absolute Gasteiger partial charge is 0.0687 e. The van der Waals surface area contributed by atoms with Gasteiger partial charge in [-0.05, 0) is 50.0 Å². The predicted molar refractivity (Wildman–Crippen MR) is 111 cm³/mol. The Morgan fingerprint density at radius 1 is 0.462 bits per heavy atom. The minimum absolute atomic E-state index is 0.0929. The molecule has 5 aromatic rings. The largest absolute Gasteiger partial charge is 0.392 e. The fourth-order valence-electron chi connectivity index (χ4n) is 3.30. The van der Waals surface area contributed by atoms with Crippen molar-refractivity contribution in [3.8, 4) is 0 Å². The van der Waals surface area contributed by atoms with Crippen LogP contribution in [0.5, 0.6) is 0 Å². The summed E-state index contributed by atoms with van der Waals surface area (Å²) in [6, 6.07) is 35.4. The molecule has 0 amide bonds. The van der Waals surface area contributed by atoms with E-state index in [0.29, 0.717) is 0 Å². The van der Waals surface area contributed by atoms with E-state index >= 15 is 0 Å². The second-order valence-corrected chi connectivity index (χ2v) is 6.34. The first-order valence-electron chi connectivity index (χ1n) is 8.80. The Bertz CT molecular complexity index is 1110. The van der Waals surface area contributed by atoms with E-state index in [4.69, 9.17) is 0 Å². The minimum Gasteiger partial charge on any atom is -0.392 e. The summed E-state index contributed by atoms with van der Waals surface area (Å²) in [6.07, 6.45) is 0. The number of hydrogen-bond acceptors (Lipinski definition) is 1. The summed E-state index contributed by atoms with van der Waals surface area (Å²) in [7, 11) is 0. The lowest BCUT2D eigenvalue weighted by atomic mass is 10.0. The number of fused-ring (bicyclic) bond motifs is 3. The van der Waals surface area contributed by atoms with Crippen LogP contribution < -0.4 is 0 Å². The van der Waals surface area contributed by atoms with Gasteiger partial charge in [-0.25, -0.2) is 0 Å². The monoisotopic (exact) mass is 336 g/mol. The molecule has 5 aromatic carbocycles. The van der Waals surface area contributed by atoms with Gasteiger partial charge in [0, 0.05) is 0 Å². The van der Waals surface area contributed by atoms with Crippen molar-refractivity contribution in [2.24, 2.45) is 0 Å². The third-order valence-electron chi connectivity index (χ3n) is 4.67. The van der Waals surface area contributed by atoms with Gasteiger partial charge in [0.1, 0.15) is 0 Å². The molecule has 26 heavy (non-hydrogen) atoms. The second kappa shape index (κ2) is 7.38. The van der Waals surface area contributed by atoms with Gasteiger partial charge in [0.15, 0.2) is 0 Å². The molecule has 0 aliphatic heterocycles. The van der Waals surface area contributed by atoms with Gasteiger partial charge in [-0.3, -0.25) is 0 Å². The molecule has 5 rings (SSSR count). The normalized spacial score (nSPS) is 10.7. The van der Waals surface area contributed by atoms with Crippen molar-refractivity contribution >= 4 is 32.3 Å². The van der Waals surface area contributed by atoms with Gasteiger partial charge in [-0.1, -0.05) is 91.0 Å². The quantitative estimate of drug-likeness (QED) is 0.355. The van der Waals surface area contributed by atoms with E-state index in [1.165, 1.54) is 26.9 Å². The van der Waals surface area contributed by atoms with Gasteiger partial charge >= 0.3 is 0 Å². The van der Waals surface area contributed by atoms with E-state index in [-0.39, 0.29) is 6.61 Å². The second-order valence-electron chi connectivity index (χ2n) is 6.34. The van der Waals surface area contributed by atoms with E-state index in [1.54, 1.807) is 0 Å². The number of aliphatic hydroxyl groups is 1. The van der Waals surface area contributed by atoms with E-state index in [2.05, 4.69) is 78.9 Å². The van der Waals surface area contributed by atoms with Crippen molar-refractivity contribution in [1.82, 2.24) is 0 Å². The Morgan fingerprint density at radius 3 is 1.46 bits per heavy atom. The van der Waals surface area contributed by atoms with Crippen molar-refractivity contribution in [1.29, 1.82) is 0 Å². The Balaban J connectivity index is 0.000000144. The molecule has 0 atom stereocenters. The van der Waals surface area contributed by atoms with Crippen LogP contribution in [-0.4, -0.2) is 5.11 Å². The fourth-order valence-corrected chi connectivity index (χ4v) is 3.30. The average Bonchev–Trinajstić information content (AvgIpc) is 2.72. The number of aliphatic hydroxyl groups excluding tert-OH is 1. The summed E-state index contributed by atoms with van der Waals surface area (Å²) in [6.45, 7) is 0.0929. The molecule has 0 unspecified atom stereocenters. The summed E-state index contributed by atoms with van der Waals surface area (Å²) >= 11 is 0. The van der Waals surface area contributed by atoms with Crippen LogP contribution in [0, 0.1) is 0 Å². The molecule has 1 N–H and O–H groups in total. The Labute approximate surface area is 153 Å². The maximum Gasteiger partial charge on any atom is 0.0687 e. The molecule has 0 aromatic heterocycles. The molecule has 1 heteroatoms. The minimum atomic E-state index is 0.0929. The summed E-state index contributed by atoms with van der Waals surface area (Å²) in [5.74, 6) is 0. The van der Waals surface area contributed by atoms with Crippen LogP contribution in [0.1, 0.15) is 5.56 Å². The third-order valence-corrected chi connectivity index (χ3v) is 4.67. The van der Waals surface area contributed by atoms with Crippen LogP contribution in [0.4, 0.5) is 0 Å². The standard InChI is InChI=1S/C15H12O.C10H8/c16-10-14-7-3-6-13-8-11-4-1-2-5-12(11)9-15(13)14;1-2-6-10-8-4-3-7-9(10)5-1/h1-9,16H,10H2;1-8H. The lowest BCUT2D eigenvalue weighted by Gasteiger charge is -2.05. The molecular formula is C25H20O. The van der Waals surface area contributed by atoms with Crippen molar-refractivity contribution in [2.45, 2.75) is 6.61 Å². The first-order chi connectivity index (χ1) is 12.8. The van der Waals surface area contributed by atoms with Crippen molar-refractivity contribution in [3.05, 3.63) is 109 Å². The van der Waals surface area contributed by atoms with Gasteiger partial charge in [0.2, 0.25) is 0 Å². The average molecular weight is 336 g/mol. The Morgan fingerprint density at radius 2 is 0.923 bits per heavy atom. The molecule has 1 nitrogen and oxygen atoms in total. The van der Waals surface area contributed by atoms with Crippen LogP contribution in [-0.2, 0) is 6.61 Å². The maximum atomic E-state index is 9.31. The molecule has 0 heterocycles. The lowest BCUT2D eigenvalue weighted by Crippen LogP contribution is -1.85. The van der Waals surface area contributed by atoms with Gasteiger partial charge in [-0.15, -0.1) is 0 Å². The third kappa shape index (κ3) is 3.30. The van der Waals surface area contributed by atoms with Crippen molar-refractivity contribution in [3.63, 3.8) is 0 Å². The van der Waals surface area contributed by atoms with Crippen LogP contribution in [0.3, 0.4) is 0 Å². The summed E-state index contributed by atoms with van der Waals surface area (Å²) in [5, 5.41) is 16.7. The zero-order valence-corrected chi connectivity index (χ0v) is 14.5. The molecular weight excluding hydrogens is 316 g/mol. The predicted octanol–water partition coefficient (Wildman–Crippen LogP) is 6.33. The van der Waals surface area contributed by atoms with E-state index in [0.717, 1.165) is 10.9 Å². The lowest BCUT2D eigenvalue weighted by molar-refractivity contribution is 0.283. The first-order valence-corrected chi connectivity index (χ1v) is 8.80. The number of benzene rings is 5. The molecule has 0 saturated carbocycles. The Kier molecular flexibility index (Phi) is 4.63. The Hall–Kier alpha value is -3.16. The number of hydrogen-bond donors (Lipinski definition) is 1. The van der Waals surface area contributed by atoms with Crippen LogP contribution in [0.2, 0.25) is 0 Å². The number of rotatable bonds is 1. The summed E-state index contributed by atoms with van der Waals surface area (Å²) < 4.78 is 0. The molecule has 0 bridgehead atoms. The van der Waals surface area contributed by atoms with Gasteiger partial charge in [-0.2, -0.15) is 0 Å². The van der Waals surface area contributed by atoms with Crippen LogP contribution >= 0.6 is 0 Å². The summed E-state index contributed by atoms with van der Waals surface area (Å²) in [5.41, 5.74) is 0.989. The molecule has 0 aliphatic carbocycles.